The number of halogens is 3. The van der Waals surface area contributed by atoms with E-state index in [1.165, 1.54) is 69.8 Å². The first-order valence-corrected chi connectivity index (χ1v) is 35.4. The van der Waals surface area contributed by atoms with Crippen LogP contribution in [0, 0.1) is 90.9 Å². The van der Waals surface area contributed by atoms with Crippen LogP contribution < -0.4 is 22.9 Å². The maximum absolute atomic E-state index is 13.2. The second kappa shape index (κ2) is 33.4. The molecule has 8 heterocycles. The summed E-state index contributed by atoms with van der Waals surface area (Å²) in [6.07, 6.45) is 34.0. The van der Waals surface area contributed by atoms with Gasteiger partial charge in [-0.15, -0.1) is 49.4 Å². The van der Waals surface area contributed by atoms with E-state index in [9.17, 15) is 12.6 Å². The molecular weight excluding hydrogens is 1360 g/mol. The molecule has 0 aliphatic carbocycles. The fraction of sp³-hybridized carbons (Fsp3) is 0.278. The van der Waals surface area contributed by atoms with Gasteiger partial charge in [-0.3, -0.25) is 4.57 Å². The molecule has 12 rings (SSSR count). The molecule has 0 fully saturated rings. The average Bonchev–Trinajstić information content (AvgIpc) is 1.60. The number of terminal acetylenes is 4. The summed E-state index contributed by atoms with van der Waals surface area (Å²) in [6, 6.07) is 20.1. The molecule has 23 nitrogen and oxygen atoms in total. The Bertz CT molecular complexity index is 5320. The van der Waals surface area contributed by atoms with Crippen molar-refractivity contribution in [3.05, 3.63) is 163 Å². The summed E-state index contributed by atoms with van der Waals surface area (Å²) >= 11 is 18.0. The minimum atomic E-state index is -3.91. The highest BCUT2D eigenvalue weighted by Crippen LogP contribution is 2.32. The quantitative estimate of drug-likeness (QED) is 0.0407. The minimum Gasteiger partial charge on any atom is -0.382 e. The number of hydrogen-bond donors (Lipinski definition) is 4. The van der Waals surface area contributed by atoms with Gasteiger partial charge in [-0.1, -0.05) is 58.6 Å². The lowest BCUT2D eigenvalue weighted by atomic mass is 9.97. The maximum atomic E-state index is 13.2. The Morgan fingerprint density at radius 2 is 0.840 bits per heavy atom. The van der Waals surface area contributed by atoms with Crippen molar-refractivity contribution in [1.82, 2.24) is 78.1 Å². The number of nitrogen functional groups attached to an aromatic ring is 4. The molecule has 8 aromatic heterocycles. The summed E-state index contributed by atoms with van der Waals surface area (Å²) in [5.74, 6) is 13.5. The van der Waals surface area contributed by atoms with E-state index in [0.29, 0.717) is 110 Å². The van der Waals surface area contributed by atoms with Crippen molar-refractivity contribution < 1.29 is 12.6 Å². The van der Waals surface area contributed by atoms with E-state index >= 15 is 0 Å². The van der Waals surface area contributed by atoms with Gasteiger partial charge in [-0.25, -0.2) is 72.4 Å². The standard InChI is InChI=1S/C20H23N5.C18H18ClN5.C17H16ClN5O2S.C17H16ClN5OS/c1-5-6-7-8-25-17(24-18-19(21)22-12-23-20(18)25)11-16-14(3)9-13(2)10-15(16)4;1-3-4-5-8-24-15(10-13-6-7-14(19)9-12(13)2)23-16-17(20)21-11-22-18(16)24;1-3-4-5-8-23-16-14(15(19)20-10-21-16)22-17(23)26(24,25)13-7-6-12(18)9-11(13)2;1-3-4-5-8-23-16-14(15(19)20-10-21-16)22-17(23)25(24)13-7-6-12(18)9-11(13)2/h1,9-10,12H,6-8,11H2,2-4H3,(H2,21,22,23);1,6-7,9,11H,4-5,8,10H2,2H3,(H2,20,21,22);1,6-7,9-10H,4-5,8H2,2H3,(H2,19,20,21);1,6-7,9-10H,4-5,8H2,2H3,(H2,19,20,21). The molecule has 1 unspecified atom stereocenters. The summed E-state index contributed by atoms with van der Waals surface area (Å²) in [5.41, 5.74) is 36.9. The topological polar surface area (TPSA) is 330 Å². The Labute approximate surface area is 597 Å². The van der Waals surface area contributed by atoms with Crippen LogP contribution in [0.5, 0.6) is 0 Å². The predicted octanol–water partition coefficient (Wildman–Crippen LogP) is 12.3. The van der Waals surface area contributed by atoms with Crippen molar-refractivity contribution in [2.45, 2.75) is 152 Å². The number of aromatic nitrogens is 16. The lowest BCUT2D eigenvalue weighted by molar-refractivity contribution is 0.556. The van der Waals surface area contributed by atoms with Crippen molar-refractivity contribution >= 4 is 123 Å². The van der Waals surface area contributed by atoms with Gasteiger partial charge in [-0.2, -0.15) is 0 Å². The van der Waals surface area contributed by atoms with E-state index in [2.05, 4.69) is 121 Å². The second-order valence-corrected chi connectivity index (χ2v) is 27.8. The van der Waals surface area contributed by atoms with E-state index in [1.807, 2.05) is 32.0 Å². The zero-order valence-corrected chi connectivity index (χ0v) is 59.9. The molecule has 8 N–H and O–H groups in total. The highest BCUT2D eigenvalue weighted by Gasteiger charge is 2.30. The van der Waals surface area contributed by atoms with Gasteiger partial charge in [-0.05, 0) is 155 Å². The van der Waals surface area contributed by atoms with Crippen LogP contribution >= 0.6 is 34.8 Å². The zero-order chi connectivity index (χ0) is 71.9. The molecule has 0 aliphatic rings. The van der Waals surface area contributed by atoms with Crippen LogP contribution in [0.25, 0.3) is 44.7 Å². The fourth-order valence-electron chi connectivity index (χ4n) is 11.3. The van der Waals surface area contributed by atoms with E-state index in [0.717, 1.165) is 84.3 Å². The van der Waals surface area contributed by atoms with Gasteiger partial charge >= 0.3 is 0 Å². The number of nitrogens with two attached hydrogens (primary N) is 4. The molecule has 4 aromatic carbocycles. The Hall–Kier alpha value is -10.5. The number of rotatable bonds is 20. The van der Waals surface area contributed by atoms with Gasteiger partial charge < -0.3 is 36.6 Å². The van der Waals surface area contributed by atoms with Gasteiger partial charge in [0.2, 0.25) is 20.2 Å². The molecule has 0 saturated carbocycles. The first kappa shape index (κ1) is 73.7. The second-order valence-electron chi connectivity index (χ2n) is 23.3. The maximum Gasteiger partial charge on any atom is 0.240 e. The predicted molar refractivity (Wildman–Crippen MR) is 396 cm³/mol. The lowest BCUT2D eigenvalue weighted by Crippen LogP contribution is -2.13. The molecule has 100 heavy (non-hydrogen) atoms. The number of anilines is 4. The van der Waals surface area contributed by atoms with Crippen LogP contribution in [0.2, 0.25) is 15.1 Å². The summed E-state index contributed by atoms with van der Waals surface area (Å²) in [5, 5.41) is 2.02. The van der Waals surface area contributed by atoms with Crippen molar-refractivity contribution in [2.24, 2.45) is 0 Å². The van der Waals surface area contributed by atoms with Crippen LogP contribution in [0.3, 0.4) is 0 Å². The Balaban J connectivity index is 0.000000156. The molecule has 0 spiro atoms. The van der Waals surface area contributed by atoms with Crippen molar-refractivity contribution in [2.75, 3.05) is 22.9 Å². The molecule has 0 aliphatic heterocycles. The molecule has 12 aromatic rings. The molecule has 512 valence electrons. The summed E-state index contributed by atoms with van der Waals surface area (Å²) in [7, 11) is -5.42. The smallest absolute Gasteiger partial charge is 0.240 e. The third kappa shape index (κ3) is 17.0. The average molecular weight is 1440 g/mol. The number of imidazole rings is 4. The van der Waals surface area contributed by atoms with E-state index in [1.54, 1.807) is 35.8 Å². The highest BCUT2D eigenvalue weighted by atomic mass is 35.5. The molecule has 0 radical (unpaired) electrons. The summed E-state index contributed by atoms with van der Waals surface area (Å²) in [4.78, 5) is 52.0. The monoisotopic (exact) mass is 1430 g/mol. The molecule has 1 atom stereocenters. The molecule has 28 heteroatoms. The van der Waals surface area contributed by atoms with Crippen molar-refractivity contribution in [3.8, 4) is 49.4 Å². The minimum absolute atomic E-state index is 0.120. The van der Waals surface area contributed by atoms with E-state index in [4.69, 9.17) is 88.4 Å². The molecular formula is C72H73Cl3N20O3S2. The number of nitrogens with zero attached hydrogens (tertiary/aromatic N) is 16. The van der Waals surface area contributed by atoms with Gasteiger partial charge in [0.25, 0.3) is 0 Å². The van der Waals surface area contributed by atoms with E-state index < -0.39 is 20.6 Å². The first-order chi connectivity index (χ1) is 48.0. The Morgan fingerprint density at radius 1 is 0.450 bits per heavy atom. The van der Waals surface area contributed by atoms with Gasteiger partial charge in [0.1, 0.15) is 47.8 Å². The van der Waals surface area contributed by atoms with Gasteiger partial charge in [0, 0.05) is 84.7 Å². The van der Waals surface area contributed by atoms with Crippen molar-refractivity contribution in [1.29, 1.82) is 0 Å². The molecule has 0 bridgehead atoms. The lowest BCUT2D eigenvalue weighted by Gasteiger charge is -2.13. The number of sulfone groups is 1. The number of hydrogen-bond acceptors (Lipinski definition) is 19. The first-order valence-electron chi connectivity index (χ1n) is 31.6. The largest absolute Gasteiger partial charge is 0.382 e. The Kier molecular flexibility index (Phi) is 24.6. The van der Waals surface area contributed by atoms with Crippen LogP contribution in [0.4, 0.5) is 23.3 Å². The van der Waals surface area contributed by atoms with Gasteiger partial charge in [0.15, 0.2) is 67.9 Å². The third-order valence-electron chi connectivity index (χ3n) is 16.1. The summed E-state index contributed by atoms with van der Waals surface area (Å²) < 4.78 is 47.2. The molecule has 0 amide bonds. The number of fused-ring (bicyclic) bond motifs is 4. The van der Waals surface area contributed by atoms with E-state index in [-0.39, 0.29) is 27.2 Å². The van der Waals surface area contributed by atoms with Crippen LogP contribution in [-0.4, -0.2) is 90.7 Å². The fourth-order valence-corrected chi connectivity index (χ4v) is 14.9. The van der Waals surface area contributed by atoms with Crippen LogP contribution in [0.1, 0.15) is 108 Å². The van der Waals surface area contributed by atoms with Gasteiger partial charge in [0.05, 0.1) is 4.90 Å². The SMILES string of the molecule is C#CCCCn1c(Cc2c(C)cc(C)cc2C)nc2c(N)ncnc21.C#CCCCn1c(Cc2ccc(Cl)cc2C)nc2c(N)ncnc21.C#CCCCn1c(S(=O)(=O)c2ccc(Cl)cc2C)nc2c(N)ncnc21.C#CCCCn1c(S(=O)c2ccc(Cl)cc2C)nc2c(N)ncnc21. The summed E-state index contributed by atoms with van der Waals surface area (Å²) in [6.45, 7) is 14.4. The highest BCUT2D eigenvalue weighted by molar-refractivity contribution is 7.91. The van der Waals surface area contributed by atoms with Crippen LogP contribution in [-0.2, 0) is 59.7 Å². The normalized spacial score (nSPS) is 11.4. The number of benzene rings is 4. The van der Waals surface area contributed by atoms with Crippen LogP contribution in [0.15, 0.2) is 112 Å². The number of aryl methyl sites for hydroxylation is 10. The number of unbranched alkanes of at least 4 members (excludes halogenated alkanes) is 4. The third-order valence-corrected chi connectivity index (χ3v) is 20.2. The Morgan fingerprint density at radius 3 is 1.30 bits per heavy atom. The zero-order valence-electron chi connectivity index (χ0n) is 56.0. The van der Waals surface area contributed by atoms with Crippen molar-refractivity contribution in [3.63, 3.8) is 0 Å². The molecule has 0 saturated heterocycles.